The second-order valence-electron chi connectivity index (χ2n) is 3.80. The van der Waals surface area contributed by atoms with E-state index in [-0.39, 0.29) is 6.61 Å². The lowest BCUT2D eigenvalue weighted by atomic mass is 10.1. The SMILES string of the molecule is CCOC(=O)c1c(F)c(F)c(-n2cc(Br)cn2)c(F)c1F. The molecule has 0 unspecified atom stereocenters. The normalized spacial score (nSPS) is 10.8. The molecule has 0 radical (unpaired) electrons. The maximum atomic E-state index is 13.9. The van der Waals surface area contributed by atoms with E-state index in [1.807, 2.05) is 0 Å². The number of ether oxygens (including phenoxy) is 1. The van der Waals surface area contributed by atoms with Crippen molar-refractivity contribution in [1.82, 2.24) is 9.78 Å². The molecule has 1 heterocycles. The van der Waals surface area contributed by atoms with E-state index in [4.69, 9.17) is 0 Å². The first-order valence-electron chi connectivity index (χ1n) is 5.62. The number of esters is 1. The molecule has 9 heteroatoms. The molecule has 0 atom stereocenters. The quantitative estimate of drug-likeness (QED) is 0.475. The maximum Gasteiger partial charge on any atom is 0.344 e. The average molecular weight is 367 g/mol. The molecule has 0 aliphatic rings. The van der Waals surface area contributed by atoms with Crippen molar-refractivity contribution >= 4 is 21.9 Å². The largest absolute Gasteiger partial charge is 0.462 e. The lowest BCUT2D eigenvalue weighted by Gasteiger charge is -2.11. The van der Waals surface area contributed by atoms with Crippen LogP contribution in [0.3, 0.4) is 0 Å². The first kappa shape index (κ1) is 15.5. The van der Waals surface area contributed by atoms with Crippen LogP contribution in [-0.4, -0.2) is 22.4 Å². The van der Waals surface area contributed by atoms with Crippen molar-refractivity contribution in [2.75, 3.05) is 6.61 Å². The minimum absolute atomic E-state index is 0.200. The van der Waals surface area contributed by atoms with Crippen LogP contribution < -0.4 is 0 Å². The van der Waals surface area contributed by atoms with Crippen molar-refractivity contribution in [2.45, 2.75) is 6.92 Å². The zero-order chi connectivity index (χ0) is 15.7. The van der Waals surface area contributed by atoms with Crippen molar-refractivity contribution < 1.29 is 27.1 Å². The highest BCUT2D eigenvalue weighted by molar-refractivity contribution is 9.10. The fourth-order valence-electron chi connectivity index (χ4n) is 1.63. The summed E-state index contributed by atoms with van der Waals surface area (Å²) in [7, 11) is 0. The van der Waals surface area contributed by atoms with Gasteiger partial charge < -0.3 is 4.74 Å². The van der Waals surface area contributed by atoms with E-state index in [0.717, 1.165) is 6.20 Å². The van der Waals surface area contributed by atoms with Crippen molar-refractivity contribution in [3.8, 4) is 5.69 Å². The summed E-state index contributed by atoms with van der Waals surface area (Å²) >= 11 is 2.98. The van der Waals surface area contributed by atoms with Crippen LogP contribution in [0.2, 0.25) is 0 Å². The molecule has 0 bridgehead atoms. The summed E-state index contributed by atoms with van der Waals surface area (Å²) in [6.07, 6.45) is 2.28. The van der Waals surface area contributed by atoms with Gasteiger partial charge in [-0.05, 0) is 22.9 Å². The van der Waals surface area contributed by atoms with Crippen molar-refractivity contribution in [3.63, 3.8) is 0 Å². The van der Waals surface area contributed by atoms with E-state index in [1.54, 1.807) is 0 Å². The molecule has 2 rings (SSSR count). The summed E-state index contributed by atoms with van der Waals surface area (Å²) in [5, 5.41) is 3.54. The molecule has 0 amide bonds. The topological polar surface area (TPSA) is 44.1 Å². The van der Waals surface area contributed by atoms with E-state index in [9.17, 15) is 22.4 Å². The number of hydrogen-bond acceptors (Lipinski definition) is 3. The number of hydrogen-bond donors (Lipinski definition) is 0. The first-order chi connectivity index (χ1) is 9.88. The van der Waals surface area contributed by atoms with Crippen molar-refractivity contribution in [3.05, 3.63) is 45.7 Å². The number of carbonyl (C=O) groups excluding carboxylic acids is 1. The third kappa shape index (κ3) is 2.65. The summed E-state index contributed by atoms with van der Waals surface area (Å²) in [5.74, 6) is -8.65. The Morgan fingerprint density at radius 3 is 2.24 bits per heavy atom. The number of aromatic nitrogens is 2. The molecule has 0 fully saturated rings. The molecule has 0 N–H and O–H groups in total. The van der Waals surface area contributed by atoms with Crippen molar-refractivity contribution in [1.29, 1.82) is 0 Å². The van der Waals surface area contributed by atoms with Crippen LogP contribution in [0, 0.1) is 23.3 Å². The van der Waals surface area contributed by atoms with Crippen LogP contribution in [0.4, 0.5) is 17.6 Å². The molecule has 0 aliphatic carbocycles. The fourth-order valence-corrected chi connectivity index (χ4v) is 1.91. The summed E-state index contributed by atoms with van der Waals surface area (Å²) in [5.41, 5.74) is -2.48. The van der Waals surface area contributed by atoms with Crippen LogP contribution in [-0.2, 0) is 4.74 Å². The zero-order valence-corrected chi connectivity index (χ0v) is 12.0. The number of rotatable bonds is 3. The monoisotopic (exact) mass is 366 g/mol. The third-order valence-corrected chi connectivity index (χ3v) is 2.91. The molecule has 0 spiro atoms. The molecular formula is C12H7BrF4N2O2. The summed E-state index contributed by atoms with van der Waals surface area (Å²) in [4.78, 5) is 11.4. The van der Waals surface area contributed by atoms with Crippen molar-refractivity contribution in [2.24, 2.45) is 0 Å². The van der Waals surface area contributed by atoms with Gasteiger partial charge in [-0.1, -0.05) is 0 Å². The van der Waals surface area contributed by atoms with Gasteiger partial charge in [-0.2, -0.15) is 5.10 Å². The molecule has 112 valence electrons. The van der Waals surface area contributed by atoms with E-state index >= 15 is 0 Å². The highest BCUT2D eigenvalue weighted by atomic mass is 79.9. The second kappa shape index (κ2) is 5.84. The van der Waals surface area contributed by atoms with Crippen LogP contribution in [0.15, 0.2) is 16.9 Å². The van der Waals surface area contributed by atoms with Gasteiger partial charge in [0.25, 0.3) is 0 Å². The zero-order valence-electron chi connectivity index (χ0n) is 10.5. The Morgan fingerprint density at radius 2 is 1.81 bits per heavy atom. The molecule has 21 heavy (non-hydrogen) atoms. The van der Waals surface area contributed by atoms with Gasteiger partial charge in [-0.25, -0.2) is 27.0 Å². The maximum absolute atomic E-state index is 13.9. The average Bonchev–Trinajstić information content (AvgIpc) is 2.84. The standard InChI is InChI=1S/C12H7BrF4N2O2/c1-2-21-12(20)6-7(14)9(16)11(10(17)8(6)15)19-4-5(13)3-18-19/h3-4H,2H2,1H3. The van der Waals surface area contributed by atoms with E-state index in [0.29, 0.717) is 9.15 Å². The third-order valence-electron chi connectivity index (χ3n) is 2.50. The van der Waals surface area contributed by atoms with E-state index in [2.05, 4.69) is 25.8 Å². The summed E-state index contributed by atoms with van der Waals surface area (Å²) in [6, 6.07) is 0. The molecule has 0 aliphatic heterocycles. The van der Waals surface area contributed by atoms with Crippen LogP contribution in [0.25, 0.3) is 5.69 Å². The number of carbonyl (C=O) groups is 1. The van der Waals surface area contributed by atoms with Gasteiger partial charge in [0, 0.05) is 6.20 Å². The van der Waals surface area contributed by atoms with E-state index < -0.39 is 40.5 Å². The lowest BCUT2D eigenvalue weighted by Crippen LogP contribution is -2.16. The molecular weight excluding hydrogens is 360 g/mol. The fraction of sp³-hybridized carbons (Fsp3) is 0.167. The summed E-state index contributed by atoms with van der Waals surface area (Å²) in [6.45, 7) is 1.19. The molecule has 4 nitrogen and oxygen atoms in total. The van der Waals surface area contributed by atoms with Gasteiger partial charge in [-0.3, -0.25) is 0 Å². The van der Waals surface area contributed by atoms with Gasteiger partial charge in [0.1, 0.15) is 11.3 Å². The van der Waals surface area contributed by atoms with Gasteiger partial charge >= 0.3 is 5.97 Å². The Bertz CT molecular complexity index is 689. The Balaban J connectivity index is 2.69. The lowest BCUT2D eigenvalue weighted by molar-refractivity contribution is 0.0512. The molecule has 2 aromatic rings. The Hall–Kier alpha value is -1.90. The second-order valence-corrected chi connectivity index (χ2v) is 4.72. The number of halogens is 5. The minimum atomic E-state index is -1.84. The highest BCUT2D eigenvalue weighted by Crippen LogP contribution is 2.28. The van der Waals surface area contributed by atoms with E-state index in [1.165, 1.54) is 13.1 Å². The van der Waals surface area contributed by atoms with Gasteiger partial charge in [0.05, 0.1) is 17.3 Å². The first-order valence-corrected chi connectivity index (χ1v) is 6.41. The van der Waals surface area contributed by atoms with Gasteiger partial charge in [0.15, 0.2) is 23.3 Å². The van der Waals surface area contributed by atoms with Crippen LogP contribution >= 0.6 is 15.9 Å². The number of benzene rings is 1. The predicted molar refractivity (Wildman–Crippen MR) is 67.1 cm³/mol. The van der Waals surface area contributed by atoms with Gasteiger partial charge in [0.2, 0.25) is 0 Å². The number of nitrogens with zero attached hydrogens (tertiary/aromatic N) is 2. The molecule has 0 saturated heterocycles. The minimum Gasteiger partial charge on any atom is -0.462 e. The van der Waals surface area contributed by atoms with Crippen LogP contribution in [0.1, 0.15) is 17.3 Å². The summed E-state index contributed by atoms with van der Waals surface area (Å²) < 4.78 is 60.9. The molecule has 1 aromatic carbocycles. The van der Waals surface area contributed by atoms with Gasteiger partial charge in [-0.15, -0.1) is 0 Å². The smallest absolute Gasteiger partial charge is 0.344 e. The molecule has 1 aromatic heterocycles. The highest BCUT2D eigenvalue weighted by Gasteiger charge is 2.31. The Kier molecular flexibility index (Phi) is 4.31. The Morgan fingerprint density at radius 1 is 1.24 bits per heavy atom. The molecule has 0 saturated carbocycles. The van der Waals surface area contributed by atoms with Crippen LogP contribution in [0.5, 0.6) is 0 Å². The predicted octanol–water partition coefficient (Wildman–Crippen LogP) is 3.37. The Labute approximate surface area is 124 Å².